The molecule has 2 atom stereocenters. The minimum Gasteiger partial charge on any atom is -0.480 e. The standard InChI is InChI=1S/C21H21Cl2FN2O5S/c1-21(20(29)25-18(19(27)28)9-13-4-2-5-16(24)8-13)6-3-7-26(21)32(30,31)17-11-14(22)10-15(23)12-17/h2,4-5,8,10-12,18H,3,6-7,9H2,1H3,(H,25,29)(H,27,28)/t18-,21-/m0/s1. The molecule has 0 radical (unpaired) electrons. The summed E-state index contributed by atoms with van der Waals surface area (Å²) in [6.45, 7) is 1.51. The second-order valence-corrected chi connectivity index (χ2v) is 10.5. The molecule has 1 amide bonds. The lowest BCUT2D eigenvalue weighted by Crippen LogP contribution is -2.58. The number of hydrogen-bond acceptors (Lipinski definition) is 4. The highest BCUT2D eigenvalue weighted by atomic mass is 35.5. The van der Waals surface area contributed by atoms with Crippen LogP contribution in [0.5, 0.6) is 0 Å². The van der Waals surface area contributed by atoms with E-state index in [1.807, 2.05) is 0 Å². The van der Waals surface area contributed by atoms with E-state index in [-0.39, 0.29) is 34.3 Å². The molecule has 32 heavy (non-hydrogen) atoms. The van der Waals surface area contributed by atoms with E-state index in [0.29, 0.717) is 12.0 Å². The second-order valence-electron chi connectivity index (χ2n) is 7.76. The largest absolute Gasteiger partial charge is 0.480 e. The summed E-state index contributed by atoms with van der Waals surface area (Å²) in [6.07, 6.45) is 0.434. The van der Waals surface area contributed by atoms with Crippen LogP contribution < -0.4 is 5.32 Å². The number of nitrogens with zero attached hydrogens (tertiary/aromatic N) is 1. The number of nitrogens with one attached hydrogen (secondary N) is 1. The molecule has 2 aromatic carbocycles. The van der Waals surface area contributed by atoms with Gasteiger partial charge in [0, 0.05) is 23.0 Å². The number of carbonyl (C=O) groups is 2. The fraction of sp³-hybridized carbons (Fsp3) is 0.333. The van der Waals surface area contributed by atoms with Gasteiger partial charge in [0.1, 0.15) is 17.4 Å². The minimum absolute atomic E-state index is 0.0675. The summed E-state index contributed by atoms with van der Waals surface area (Å²) in [4.78, 5) is 24.7. The number of carbonyl (C=O) groups excluding carboxylic acids is 1. The molecule has 0 aromatic heterocycles. The van der Waals surface area contributed by atoms with Gasteiger partial charge in [0.25, 0.3) is 0 Å². The van der Waals surface area contributed by atoms with Crippen molar-refractivity contribution in [1.82, 2.24) is 9.62 Å². The van der Waals surface area contributed by atoms with Crippen LogP contribution >= 0.6 is 23.2 Å². The maximum Gasteiger partial charge on any atom is 0.326 e. The molecule has 7 nitrogen and oxygen atoms in total. The van der Waals surface area contributed by atoms with Crippen LogP contribution in [-0.4, -0.2) is 47.8 Å². The van der Waals surface area contributed by atoms with Crippen LogP contribution in [0.25, 0.3) is 0 Å². The van der Waals surface area contributed by atoms with Crippen LogP contribution in [0.2, 0.25) is 10.0 Å². The average molecular weight is 503 g/mol. The van der Waals surface area contributed by atoms with Crippen molar-refractivity contribution in [3.63, 3.8) is 0 Å². The molecule has 0 bridgehead atoms. The van der Waals surface area contributed by atoms with Crippen molar-refractivity contribution in [1.29, 1.82) is 0 Å². The van der Waals surface area contributed by atoms with Crippen LogP contribution in [0.3, 0.4) is 0 Å². The van der Waals surface area contributed by atoms with Gasteiger partial charge >= 0.3 is 5.97 Å². The number of sulfonamides is 1. The Kier molecular flexibility index (Phi) is 7.14. The van der Waals surface area contributed by atoms with Crippen molar-refractivity contribution in [2.45, 2.75) is 42.7 Å². The third kappa shape index (κ3) is 5.06. The second kappa shape index (κ2) is 9.35. The Morgan fingerprint density at radius 1 is 1.22 bits per heavy atom. The molecule has 0 saturated carbocycles. The third-order valence-electron chi connectivity index (χ3n) is 5.42. The summed E-state index contributed by atoms with van der Waals surface area (Å²) in [5, 5.41) is 12.3. The summed E-state index contributed by atoms with van der Waals surface area (Å²) in [5.74, 6) is -2.60. The highest BCUT2D eigenvalue weighted by Gasteiger charge is 2.50. The number of carboxylic acids is 1. The minimum atomic E-state index is -4.15. The molecule has 11 heteroatoms. The smallest absolute Gasteiger partial charge is 0.326 e. The highest BCUT2D eigenvalue weighted by Crippen LogP contribution is 2.36. The van der Waals surface area contributed by atoms with E-state index in [2.05, 4.69) is 5.32 Å². The molecule has 1 aliphatic heterocycles. The van der Waals surface area contributed by atoms with Crippen molar-refractivity contribution in [2.24, 2.45) is 0 Å². The fourth-order valence-corrected chi connectivity index (χ4v) is 6.30. The molecule has 0 unspecified atom stereocenters. The summed E-state index contributed by atoms with van der Waals surface area (Å²) < 4.78 is 41.1. The molecule has 1 fully saturated rings. The Labute approximate surface area is 195 Å². The summed E-state index contributed by atoms with van der Waals surface area (Å²) in [5.41, 5.74) is -1.14. The van der Waals surface area contributed by atoms with Crippen LogP contribution in [-0.2, 0) is 26.0 Å². The zero-order valence-corrected chi connectivity index (χ0v) is 19.3. The molecule has 0 aliphatic carbocycles. The van der Waals surface area contributed by atoms with Gasteiger partial charge in [0.05, 0.1) is 4.90 Å². The first-order valence-electron chi connectivity index (χ1n) is 9.70. The van der Waals surface area contributed by atoms with E-state index in [4.69, 9.17) is 23.2 Å². The van der Waals surface area contributed by atoms with Crippen molar-refractivity contribution in [3.8, 4) is 0 Å². The Balaban J connectivity index is 1.87. The monoisotopic (exact) mass is 502 g/mol. The molecule has 1 aliphatic rings. The Morgan fingerprint density at radius 2 is 1.88 bits per heavy atom. The fourth-order valence-electron chi connectivity index (χ4n) is 3.77. The highest BCUT2D eigenvalue weighted by molar-refractivity contribution is 7.89. The molecule has 2 N–H and O–H groups in total. The SMILES string of the molecule is C[C@@]1(C(=O)N[C@@H](Cc2cccc(F)c2)C(=O)O)CCCN1S(=O)(=O)c1cc(Cl)cc(Cl)c1. The molecule has 0 spiro atoms. The number of rotatable bonds is 7. The number of benzene rings is 2. The van der Waals surface area contributed by atoms with Gasteiger partial charge in [-0.25, -0.2) is 17.6 Å². The molecule has 3 rings (SSSR count). The maximum absolute atomic E-state index is 13.5. The van der Waals surface area contributed by atoms with Crippen LogP contribution in [0.4, 0.5) is 4.39 Å². The Hall–Kier alpha value is -2.20. The average Bonchev–Trinajstić information content (AvgIpc) is 3.10. The van der Waals surface area contributed by atoms with Crippen LogP contribution in [0.1, 0.15) is 25.3 Å². The van der Waals surface area contributed by atoms with Gasteiger partial charge in [-0.15, -0.1) is 0 Å². The molecule has 172 valence electrons. The summed E-state index contributed by atoms with van der Waals surface area (Å²) in [6, 6.07) is 7.89. The normalized spacial score (nSPS) is 20.1. The molecule has 1 saturated heterocycles. The zero-order valence-electron chi connectivity index (χ0n) is 17.0. The van der Waals surface area contributed by atoms with E-state index in [1.165, 1.54) is 43.3 Å². The predicted octanol–water partition coefficient (Wildman–Crippen LogP) is 3.49. The number of amides is 1. The van der Waals surface area contributed by atoms with Gasteiger partial charge in [0.15, 0.2) is 0 Å². The van der Waals surface area contributed by atoms with Gasteiger partial charge < -0.3 is 10.4 Å². The number of hydrogen-bond donors (Lipinski definition) is 2. The van der Waals surface area contributed by atoms with Crippen molar-refractivity contribution >= 4 is 45.1 Å². The lowest BCUT2D eigenvalue weighted by Gasteiger charge is -2.34. The van der Waals surface area contributed by atoms with E-state index in [1.54, 1.807) is 6.07 Å². The molecular weight excluding hydrogens is 482 g/mol. The van der Waals surface area contributed by atoms with Gasteiger partial charge in [-0.3, -0.25) is 4.79 Å². The first kappa shape index (κ1) is 24.4. The lowest BCUT2D eigenvalue weighted by molar-refractivity contribution is -0.143. The van der Waals surface area contributed by atoms with Crippen molar-refractivity contribution < 1.29 is 27.5 Å². The summed E-state index contributed by atoms with van der Waals surface area (Å²) in [7, 11) is -4.15. The van der Waals surface area contributed by atoms with Crippen LogP contribution in [0.15, 0.2) is 47.4 Å². The third-order valence-corrected chi connectivity index (χ3v) is 7.85. The Bertz CT molecular complexity index is 1140. The van der Waals surface area contributed by atoms with E-state index in [9.17, 15) is 27.5 Å². The number of halogens is 3. The first-order chi connectivity index (χ1) is 14.9. The zero-order chi connectivity index (χ0) is 23.7. The summed E-state index contributed by atoms with van der Waals surface area (Å²) >= 11 is 11.9. The van der Waals surface area contributed by atoms with Gasteiger partial charge in [0.2, 0.25) is 15.9 Å². The molecular formula is C21H21Cl2FN2O5S. The topological polar surface area (TPSA) is 104 Å². The quantitative estimate of drug-likeness (QED) is 0.602. The van der Waals surface area contributed by atoms with E-state index >= 15 is 0 Å². The maximum atomic E-state index is 13.5. The number of carboxylic acid groups (broad SMARTS) is 1. The van der Waals surface area contributed by atoms with Crippen molar-refractivity contribution in [3.05, 3.63) is 63.9 Å². The van der Waals surface area contributed by atoms with Crippen LogP contribution in [0, 0.1) is 5.82 Å². The molecule has 2 aromatic rings. The van der Waals surface area contributed by atoms with Crippen molar-refractivity contribution in [2.75, 3.05) is 6.54 Å². The van der Waals surface area contributed by atoms with E-state index < -0.39 is 39.3 Å². The van der Waals surface area contributed by atoms with E-state index in [0.717, 1.165) is 4.31 Å². The van der Waals surface area contributed by atoms with Gasteiger partial charge in [-0.2, -0.15) is 4.31 Å². The lowest BCUT2D eigenvalue weighted by atomic mass is 9.97. The first-order valence-corrected chi connectivity index (χ1v) is 11.9. The Morgan fingerprint density at radius 3 is 2.47 bits per heavy atom. The van der Waals surface area contributed by atoms with Gasteiger partial charge in [-0.05, 0) is 55.7 Å². The predicted molar refractivity (Wildman–Crippen MR) is 118 cm³/mol. The molecule has 1 heterocycles. The van der Waals surface area contributed by atoms with Gasteiger partial charge in [-0.1, -0.05) is 35.3 Å². The number of aliphatic carboxylic acids is 1.